The van der Waals surface area contributed by atoms with Crippen molar-refractivity contribution in [2.24, 2.45) is 4.99 Å². The molecule has 0 saturated heterocycles. The third-order valence-corrected chi connectivity index (χ3v) is 12.3. The van der Waals surface area contributed by atoms with Gasteiger partial charge in [0, 0.05) is 16.5 Å². The highest BCUT2D eigenvalue weighted by atomic mass is 16.3. The van der Waals surface area contributed by atoms with E-state index in [1.165, 1.54) is 55.0 Å². The molecule has 3 aliphatic rings. The first-order valence-corrected chi connectivity index (χ1v) is 20.9. The Morgan fingerprint density at radius 3 is 2.07 bits per heavy atom. The molecule has 59 heavy (non-hydrogen) atoms. The van der Waals surface area contributed by atoms with Gasteiger partial charge in [0.1, 0.15) is 16.8 Å². The zero-order valence-corrected chi connectivity index (χ0v) is 33.8. The summed E-state index contributed by atoms with van der Waals surface area (Å²) in [7, 11) is 0. The first kappa shape index (κ1) is 36.3. The van der Waals surface area contributed by atoms with E-state index in [4.69, 9.17) is 9.41 Å². The Labute approximate surface area is 346 Å². The molecule has 0 saturated carbocycles. The van der Waals surface area contributed by atoms with E-state index < -0.39 is 5.41 Å². The molecule has 284 valence electrons. The van der Waals surface area contributed by atoms with Gasteiger partial charge in [0.2, 0.25) is 0 Å². The van der Waals surface area contributed by atoms with E-state index in [0.717, 1.165) is 68.8 Å². The van der Waals surface area contributed by atoms with E-state index in [1.807, 2.05) is 13.8 Å². The summed E-state index contributed by atoms with van der Waals surface area (Å²) >= 11 is 0. The van der Waals surface area contributed by atoms with Crippen molar-refractivity contribution in [2.45, 2.75) is 39.0 Å². The summed E-state index contributed by atoms with van der Waals surface area (Å²) < 4.78 is 7.02. The number of fused-ring (bicyclic) bond motifs is 13. The lowest BCUT2D eigenvalue weighted by Crippen LogP contribution is -2.29. The molecule has 8 aromatic rings. The lowest BCUT2D eigenvalue weighted by atomic mass is 9.72. The molecule has 3 aliphatic carbocycles. The highest BCUT2D eigenvalue weighted by Crippen LogP contribution is 2.64. The summed E-state index contributed by atoms with van der Waals surface area (Å²) in [6.07, 6.45) is 6.44. The number of allylic oxidation sites excluding steroid dienone is 3. The lowest BCUT2D eigenvalue weighted by Gasteiger charge is -2.28. The van der Waals surface area contributed by atoms with Crippen LogP contribution in [0.5, 0.6) is 0 Å². The van der Waals surface area contributed by atoms with Gasteiger partial charge in [-0.3, -0.25) is 0 Å². The summed E-state index contributed by atoms with van der Waals surface area (Å²) in [5, 5.41) is 3.62. The van der Waals surface area contributed by atoms with Crippen molar-refractivity contribution in [1.82, 2.24) is 0 Å². The van der Waals surface area contributed by atoms with Gasteiger partial charge >= 0.3 is 0 Å². The van der Waals surface area contributed by atoms with Crippen LogP contribution in [0.25, 0.3) is 61.6 Å². The maximum absolute atomic E-state index is 7.02. The Balaban J connectivity index is 0.00000207. The van der Waals surface area contributed by atoms with Crippen LogP contribution < -0.4 is 10.4 Å². The predicted molar refractivity (Wildman–Crippen MR) is 248 cm³/mol. The van der Waals surface area contributed by atoms with Crippen LogP contribution >= 0.6 is 0 Å². The summed E-state index contributed by atoms with van der Waals surface area (Å²) in [6, 6.07) is 61.2. The van der Waals surface area contributed by atoms with E-state index in [2.05, 4.69) is 196 Å². The number of furan rings is 1. The second-order valence-electron chi connectivity index (χ2n) is 15.4. The number of rotatable bonds is 6. The zero-order valence-electron chi connectivity index (χ0n) is 33.8. The number of para-hydroxylation sites is 1. The third kappa shape index (κ3) is 5.66. The standard InChI is InChI=1S/C55H39NO.C2H6/c1-35(37-17-4-3-5-18-37)33-51(56-36(2)40-27-16-20-38-19-6-7-21-41(38)40)45-25-9-8-22-42(45)39-31-32-46-50(34-39)55(54-53(46)47-26-12-15-30-52(47)57-54)48-28-13-10-23-43(48)44-24-11-14-29-49(44)55;1-2/h3-15,17-26,28-34H,2,16,27H2,1H3;1-2H3/b35-33+,56-51?;. The highest BCUT2D eigenvalue weighted by molar-refractivity contribution is 6.16. The summed E-state index contributed by atoms with van der Waals surface area (Å²) in [5.74, 6) is 1.00. The Hall–Kier alpha value is -7.03. The molecular formula is C57H45NO. The van der Waals surface area contributed by atoms with Gasteiger partial charge in [0.25, 0.3) is 0 Å². The lowest BCUT2D eigenvalue weighted by molar-refractivity contribution is 0.507. The Morgan fingerprint density at radius 1 is 0.644 bits per heavy atom. The summed E-state index contributed by atoms with van der Waals surface area (Å²) in [4.78, 5) is 5.46. The topological polar surface area (TPSA) is 25.5 Å². The number of hydrogen-bond acceptors (Lipinski definition) is 2. The first-order chi connectivity index (χ1) is 29.1. The van der Waals surface area contributed by atoms with Crippen LogP contribution in [0.15, 0.2) is 198 Å². The molecule has 1 heterocycles. The average molecular weight is 760 g/mol. The zero-order chi connectivity index (χ0) is 40.1. The van der Waals surface area contributed by atoms with Gasteiger partial charge in [0.15, 0.2) is 0 Å². The maximum atomic E-state index is 7.02. The fourth-order valence-electron chi connectivity index (χ4n) is 9.80. The Morgan fingerprint density at radius 2 is 1.29 bits per heavy atom. The highest BCUT2D eigenvalue weighted by Gasteiger charge is 2.55. The molecule has 7 aromatic carbocycles. The van der Waals surface area contributed by atoms with Gasteiger partial charge in [-0.2, -0.15) is 0 Å². The normalized spacial score (nSPS) is 14.4. The van der Waals surface area contributed by atoms with Crippen LogP contribution in [0.4, 0.5) is 0 Å². The molecule has 1 aromatic heterocycles. The van der Waals surface area contributed by atoms with Crippen LogP contribution in [-0.4, -0.2) is 5.71 Å². The third-order valence-electron chi connectivity index (χ3n) is 12.3. The minimum Gasteiger partial charge on any atom is -0.459 e. The van der Waals surface area contributed by atoms with Gasteiger partial charge in [-0.15, -0.1) is 0 Å². The van der Waals surface area contributed by atoms with Crippen molar-refractivity contribution in [3.63, 3.8) is 0 Å². The van der Waals surface area contributed by atoms with Crippen LogP contribution in [0, 0.1) is 0 Å². The first-order valence-electron chi connectivity index (χ1n) is 20.9. The molecule has 0 fully saturated rings. The molecule has 0 radical (unpaired) electrons. The number of hydrogen-bond donors (Lipinski definition) is 0. The van der Waals surface area contributed by atoms with Crippen molar-refractivity contribution in [3.05, 3.63) is 232 Å². The molecule has 0 bridgehead atoms. The Kier molecular flexibility index (Phi) is 9.06. The largest absolute Gasteiger partial charge is 0.459 e. The number of benzene rings is 7. The molecule has 2 heteroatoms. The van der Waals surface area contributed by atoms with Crippen molar-refractivity contribution in [2.75, 3.05) is 0 Å². The molecule has 2 nitrogen and oxygen atoms in total. The van der Waals surface area contributed by atoms with Gasteiger partial charge < -0.3 is 4.42 Å². The van der Waals surface area contributed by atoms with Crippen molar-refractivity contribution < 1.29 is 4.42 Å². The molecule has 0 atom stereocenters. The minimum absolute atomic E-state index is 0.598. The molecule has 0 aliphatic heterocycles. The van der Waals surface area contributed by atoms with E-state index >= 15 is 0 Å². The van der Waals surface area contributed by atoms with Crippen molar-refractivity contribution in [3.8, 4) is 33.4 Å². The van der Waals surface area contributed by atoms with Crippen molar-refractivity contribution >= 4 is 33.9 Å². The van der Waals surface area contributed by atoms with Gasteiger partial charge in [-0.1, -0.05) is 184 Å². The number of aliphatic imine (C=N–C) groups is 1. The van der Waals surface area contributed by atoms with Gasteiger partial charge in [0.05, 0.1) is 11.4 Å². The van der Waals surface area contributed by atoms with Crippen LogP contribution in [0.1, 0.15) is 67.2 Å². The number of nitrogens with zero attached hydrogens (tertiary/aromatic N) is 1. The molecular weight excluding hydrogens is 715 g/mol. The summed E-state index contributed by atoms with van der Waals surface area (Å²) in [6.45, 7) is 10.8. The van der Waals surface area contributed by atoms with Crippen LogP contribution in [0.3, 0.4) is 0 Å². The van der Waals surface area contributed by atoms with E-state index in [0.29, 0.717) is 0 Å². The van der Waals surface area contributed by atoms with Crippen LogP contribution in [-0.2, 0) is 5.41 Å². The molecule has 0 unspecified atom stereocenters. The average Bonchev–Trinajstić information content (AvgIpc) is 3.93. The fourth-order valence-corrected chi connectivity index (χ4v) is 9.80. The maximum Gasteiger partial charge on any atom is 0.135 e. The second kappa shape index (κ2) is 14.7. The van der Waals surface area contributed by atoms with E-state index in [1.54, 1.807) is 0 Å². The second-order valence-corrected chi connectivity index (χ2v) is 15.4. The van der Waals surface area contributed by atoms with Crippen LogP contribution in [0.2, 0.25) is 0 Å². The Bertz CT molecular complexity index is 3110. The van der Waals surface area contributed by atoms with Gasteiger partial charge in [-0.05, 0) is 110 Å². The van der Waals surface area contributed by atoms with Crippen molar-refractivity contribution in [1.29, 1.82) is 0 Å². The SMILES string of the molecule is C=C(N=C(/C=C(\C)c1ccccc1)c1ccccc1-c1ccc2c(c1)C1(c3ccccc3-c3ccccc31)c1oc3ccccc3c1-2)C1=c2ccccc2=CCC1.CC. The smallest absolute Gasteiger partial charge is 0.135 e. The minimum atomic E-state index is -0.598. The molecule has 1 spiro atoms. The monoisotopic (exact) mass is 759 g/mol. The molecule has 11 rings (SSSR count). The van der Waals surface area contributed by atoms with E-state index in [-0.39, 0.29) is 0 Å². The predicted octanol–water partition coefficient (Wildman–Crippen LogP) is 13.3. The fraction of sp³-hybridized carbons (Fsp3) is 0.105. The quantitative estimate of drug-likeness (QED) is 0.155. The van der Waals surface area contributed by atoms with Gasteiger partial charge in [-0.25, -0.2) is 4.99 Å². The van der Waals surface area contributed by atoms with E-state index in [9.17, 15) is 0 Å². The molecule has 0 amide bonds. The molecule has 0 N–H and O–H groups in total. The summed E-state index contributed by atoms with van der Waals surface area (Å²) in [5.41, 5.74) is 17.5.